The lowest BCUT2D eigenvalue weighted by Gasteiger charge is -2.28. The van der Waals surface area contributed by atoms with Crippen molar-refractivity contribution in [2.45, 2.75) is 39.4 Å². The highest BCUT2D eigenvalue weighted by Gasteiger charge is 2.32. The summed E-state index contributed by atoms with van der Waals surface area (Å²) >= 11 is 7.60. The van der Waals surface area contributed by atoms with Crippen LogP contribution in [0.1, 0.15) is 38.0 Å². The number of hydrogen-bond acceptors (Lipinski definition) is 5. The first-order valence-electron chi connectivity index (χ1n) is 11.6. The van der Waals surface area contributed by atoms with Gasteiger partial charge in [-0.1, -0.05) is 23.7 Å². The molecule has 0 aliphatic heterocycles. The van der Waals surface area contributed by atoms with Gasteiger partial charge in [-0.05, 0) is 63.1 Å². The zero-order valence-electron chi connectivity index (χ0n) is 21.0. The van der Waals surface area contributed by atoms with E-state index in [9.17, 15) is 14.3 Å². The maximum absolute atomic E-state index is 14.1. The number of benzene rings is 2. The number of aliphatic carboxylic acids is 1. The Labute approximate surface area is 222 Å². The van der Waals surface area contributed by atoms with Crippen LogP contribution in [0.4, 0.5) is 4.39 Å². The van der Waals surface area contributed by atoms with Crippen molar-refractivity contribution in [2.24, 2.45) is 7.05 Å². The predicted molar refractivity (Wildman–Crippen MR) is 146 cm³/mol. The molecule has 1 unspecified atom stereocenters. The van der Waals surface area contributed by atoms with Gasteiger partial charge in [-0.3, -0.25) is 0 Å². The molecule has 0 aliphatic carbocycles. The maximum atomic E-state index is 14.1. The minimum absolute atomic E-state index is 0.426. The third kappa shape index (κ3) is 4.72. The van der Waals surface area contributed by atoms with E-state index in [1.165, 1.54) is 23.6 Å². The van der Waals surface area contributed by atoms with Crippen LogP contribution >= 0.6 is 22.9 Å². The van der Waals surface area contributed by atoms with Crippen LogP contribution in [0.25, 0.3) is 42.9 Å². The molecule has 2 aromatic carbocycles. The summed E-state index contributed by atoms with van der Waals surface area (Å²) in [5.41, 5.74) is 4.28. The maximum Gasteiger partial charge on any atom is 0.337 e. The van der Waals surface area contributed by atoms with Gasteiger partial charge in [-0.15, -0.1) is 11.3 Å². The van der Waals surface area contributed by atoms with Crippen LogP contribution < -0.4 is 0 Å². The number of pyridine rings is 1. The monoisotopic (exact) mass is 537 g/mol. The van der Waals surface area contributed by atoms with Crippen molar-refractivity contribution >= 4 is 50.2 Å². The lowest BCUT2D eigenvalue weighted by atomic mass is 9.91. The molecule has 3 heterocycles. The molecule has 1 N–H and O–H groups in total. The molecule has 190 valence electrons. The number of hydrogen-bond donors (Lipinski definition) is 1. The fourth-order valence-corrected chi connectivity index (χ4v) is 5.83. The van der Waals surface area contributed by atoms with E-state index in [0.29, 0.717) is 32.1 Å². The molecule has 6 nitrogen and oxygen atoms in total. The molecule has 5 aromatic rings. The van der Waals surface area contributed by atoms with Crippen molar-refractivity contribution in [1.29, 1.82) is 0 Å². The number of aryl methyl sites for hydroxylation is 2. The van der Waals surface area contributed by atoms with Gasteiger partial charge < -0.3 is 14.4 Å². The van der Waals surface area contributed by atoms with E-state index in [0.717, 1.165) is 27.0 Å². The normalized spacial score (nSPS) is 12.9. The lowest BCUT2D eigenvalue weighted by Crippen LogP contribution is -2.28. The summed E-state index contributed by atoms with van der Waals surface area (Å²) in [6.07, 6.45) is 1.88. The van der Waals surface area contributed by atoms with Crippen LogP contribution in [0.3, 0.4) is 0 Å². The van der Waals surface area contributed by atoms with Crippen molar-refractivity contribution in [1.82, 2.24) is 14.5 Å². The van der Waals surface area contributed by atoms with E-state index in [1.54, 1.807) is 12.1 Å². The number of carboxylic acid groups (broad SMARTS) is 1. The van der Waals surface area contributed by atoms with Gasteiger partial charge in [0.05, 0.1) is 22.0 Å². The van der Waals surface area contributed by atoms with Crippen molar-refractivity contribution in [3.8, 4) is 21.7 Å². The molecule has 0 amide bonds. The minimum Gasteiger partial charge on any atom is -0.479 e. The second-order valence-corrected chi connectivity index (χ2v) is 11.4. The smallest absolute Gasteiger partial charge is 0.337 e. The van der Waals surface area contributed by atoms with Gasteiger partial charge in [-0.25, -0.2) is 19.2 Å². The predicted octanol–water partition coefficient (Wildman–Crippen LogP) is 7.56. The molecule has 0 radical (unpaired) electrons. The van der Waals surface area contributed by atoms with E-state index in [2.05, 4.69) is 4.98 Å². The number of thiazole rings is 1. The number of carbonyl (C=O) groups is 1. The van der Waals surface area contributed by atoms with Crippen molar-refractivity contribution in [3.05, 3.63) is 70.8 Å². The van der Waals surface area contributed by atoms with E-state index in [1.807, 2.05) is 63.7 Å². The van der Waals surface area contributed by atoms with E-state index in [4.69, 9.17) is 21.3 Å². The highest BCUT2D eigenvalue weighted by molar-refractivity contribution is 7.22. The third-order valence-corrected chi connectivity index (χ3v) is 7.40. The molecule has 9 heteroatoms. The molecule has 0 aliphatic rings. The van der Waals surface area contributed by atoms with Gasteiger partial charge >= 0.3 is 5.97 Å². The summed E-state index contributed by atoms with van der Waals surface area (Å²) in [4.78, 5) is 21.6. The largest absolute Gasteiger partial charge is 0.479 e. The Hall–Kier alpha value is -3.33. The molecule has 3 aromatic heterocycles. The number of halogens is 2. The highest BCUT2D eigenvalue weighted by Crippen LogP contribution is 2.45. The van der Waals surface area contributed by atoms with Crippen molar-refractivity contribution in [3.63, 3.8) is 0 Å². The fourth-order valence-electron chi connectivity index (χ4n) is 4.56. The average molecular weight is 538 g/mol. The molecule has 0 bridgehead atoms. The van der Waals surface area contributed by atoms with Crippen molar-refractivity contribution in [2.75, 3.05) is 0 Å². The number of fused-ring (bicyclic) bond motifs is 2. The first kappa shape index (κ1) is 25.3. The topological polar surface area (TPSA) is 77.2 Å². The number of rotatable bonds is 5. The molecule has 1 atom stereocenters. The minimum atomic E-state index is -1.20. The van der Waals surface area contributed by atoms with Gasteiger partial charge in [0.15, 0.2) is 6.10 Å². The molecule has 37 heavy (non-hydrogen) atoms. The second-order valence-electron chi connectivity index (χ2n) is 9.98. The summed E-state index contributed by atoms with van der Waals surface area (Å²) in [6, 6.07) is 10.6. The second kappa shape index (κ2) is 9.20. The third-order valence-electron chi connectivity index (χ3n) is 6.03. The molecule has 0 fully saturated rings. The SMILES string of the molecule is Cc1cc2nc(-c3cn(C)c4ncc(F)cc34)sc2c(-c2ccc(Cl)cc2)c1C(OC(C)(C)C)C(=O)O. The molecule has 0 saturated carbocycles. The molecular formula is C28H25ClFN3O3S. The molecule has 5 rings (SSSR count). The van der Waals surface area contributed by atoms with E-state index in [-0.39, 0.29) is 0 Å². The van der Waals surface area contributed by atoms with E-state index < -0.39 is 23.5 Å². The fraction of sp³-hybridized carbons (Fsp3) is 0.250. The van der Waals surface area contributed by atoms with Crippen LogP contribution in [0.15, 0.2) is 48.8 Å². The Morgan fingerprint density at radius 2 is 1.92 bits per heavy atom. The Balaban J connectivity index is 1.83. The van der Waals surface area contributed by atoms with Gasteiger partial charge in [0.25, 0.3) is 0 Å². The summed E-state index contributed by atoms with van der Waals surface area (Å²) < 4.78 is 22.8. The zero-order valence-corrected chi connectivity index (χ0v) is 22.5. The van der Waals surface area contributed by atoms with Gasteiger partial charge in [-0.2, -0.15) is 0 Å². The summed E-state index contributed by atoms with van der Waals surface area (Å²) in [7, 11) is 1.85. The van der Waals surface area contributed by atoms with Gasteiger partial charge in [0.1, 0.15) is 16.5 Å². The number of carboxylic acids is 1. The Morgan fingerprint density at radius 3 is 2.57 bits per heavy atom. The van der Waals surface area contributed by atoms with Crippen LogP contribution in [0.5, 0.6) is 0 Å². The quantitative estimate of drug-likeness (QED) is 0.250. The van der Waals surface area contributed by atoms with E-state index >= 15 is 0 Å². The Bertz CT molecular complexity index is 1670. The summed E-state index contributed by atoms with van der Waals surface area (Å²) in [5.74, 6) is -1.50. The Morgan fingerprint density at radius 1 is 1.22 bits per heavy atom. The molecule has 0 spiro atoms. The summed E-state index contributed by atoms with van der Waals surface area (Å²) in [5, 5.41) is 12.1. The first-order chi connectivity index (χ1) is 17.4. The number of aromatic nitrogens is 3. The van der Waals surface area contributed by atoms with Gasteiger partial charge in [0, 0.05) is 40.3 Å². The lowest BCUT2D eigenvalue weighted by molar-refractivity contribution is -0.160. The van der Waals surface area contributed by atoms with Crippen LogP contribution in [0, 0.1) is 12.7 Å². The van der Waals surface area contributed by atoms with Gasteiger partial charge in [0.2, 0.25) is 0 Å². The Kier molecular flexibility index (Phi) is 6.30. The summed E-state index contributed by atoms with van der Waals surface area (Å²) in [6.45, 7) is 7.36. The average Bonchev–Trinajstić information content (AvgIpc) is 3.37. The van der Waals surface area contributed by atoms with Crippen molar-refractivity contribution < 1.29 is 19.0 Å². The molecular weight excluding hydrogens is 513 g/mol. The highest BCUT2D eigenvalue weighted by atomic mass is 35.5. The number of nitrogens with zero attached hydrogens (tertiary/aromatic N) is 3. The first-order valence-corrected chi connectivity index (χ1v) is 12.8. The van der Waals surface area contributed by atoms with Crippen LogP contribution in [0.2, 0.25) is 5.02 Å². The van der Waals surface area contributed by atoms with Crippen LogP contribution in [-0.4, -0.2) is 31.2 Å². The zero-order chi connectivity index (χ0) is 26.6. The number of ether oxygens (including phenoxy) is 1. The standard InChI is InChI=1S/C28H25ClFN3O3S/c1-14-10-20-24(37-26(32-20)19-13-33(5)25-18(19)11-17(30)12-31-25)22(15-6-8-16(29)9-7-15)21(14)23(27(34)35)36-28(2,3)4/h6-13,23H,1-5H3,(H,34,35). The van der Waals surface area contributed by atoms with Crippen LogP contribution in [-0.2, 0) is 16.6 Å². The molecule has 0 saturated heterocycles.